The largest absolute Gasteiger partial charge is 0.492 e. The molecule has 0 aromatic heterocycles. The first-order valence-electron chi connectivity index (χ1n) is 8.14. The predicted molar refractivity (Wildman–Crippen MR) is 97.2 cm³/mol. The molecule has 0 unspecified atom stereocenters. The molecule has 1 fully saturated rings. The predicted octanol–water partition coefficient (Wildman–Crippen LogP) is 3.68. The van der Waals surface area contributed by atoms with Gasteiger partial charge in [0.1, 0.15) is 12.4 Å². The van der Waals surface area contributed by atoms with E-state index < -0.39 is 0 Å². The topological polar surface area (TPSA) is 24.5 Å². The van der Waals surface area contributed by atoms with Gasteiger partial charge in [-0.15, -0.1) is 12.4 Å². The zero-order chi connectivity index (χ0) is 15.0. The molecule has 0 amide bonds. The maximum atomic E-state index is 5.78. The first-order valence-corrected chi connectivity index (χ1v) is 8.14. The Morgan fingerprint density at radius 3 is 2.22 bits per heavy atom. The summed E-state index contributed by atoms with van der Waals surface area (Å²) in [7, 11) is 0. The molecule has 1 saturated heterocycles. The van der Waals surface area contributed by atoms with Crippen molar-refractivity contribution in [2.75, 3.05) is 26.2 Å². The van der Waals surface area contributed by atoms with E-state index in [0.717, 1.165) is 31.8 Å². The van der Waals surface area contributed by atoms with E-state index >= 15 is 0 Å². The van der Waals surface area contributed by atoms with Crippen LogP contribution in [-0.4, -0.2) is 31.3 Å². The van der Waals surface area contributed by atoms with Crippen molar-refractivity contribution in [3.05, 3.63) is 65.7 Å². The lowest BCUT2D eigenvalue weighted by molar-refractivity contribution is 0.204. The summed E-state index contributed by atoms with van der Waals surface area (Å²) >= 11 is 0. The second kappa shape index (κ2) is 9.56. The average Bonchev–Trinajstić information content (AvgIpc) is 3.07. The van der Waals surface area contributed by atoms with Crippen LogP contribution in [0.2, 0.25) is 0 Å². The van der Waals surface area contributed by atoms with Crippen LogP contribution in [0, 0.1) is 0 Å². The van der Waals surface area contributed by atoms with Crippen molar-refractivity contribution in [1.82, 2.24) is 10.4 Å². The highest BCUT2D eigenvalue weighted by Crippen LogP contribution is 2.15. The minimum absolute atomic E-state index is 0. The summed E-state index contributed by atoms with van der Waals surface area (Å²) in [5, 5.41) is 2.28. The summed E-state index contributed by atoms with van der Waals surface area (Å²) in [4.78, 5) is 0. The highest BCUT2D eigenvalue weighted by Gasteiger charge is 2.09. The molecule has 4 heteroatoms. The van der Waals surface area contributed by atoms with Crippen LogP contribution in [0.4, 0.5) is 0 Å². The fourth-order valence-corrected chi connectivity index (χ4v) is 2.78. The normalized spacial score (nSPS) is 14.4. The van der Waals surface area contributed by atoms with Gasteiger partial charge >= 0.3 is 0 Å². The number of hydrazine groups is 1. The van der Waals surface area contributed by atoms with E-state index in [1.165, 1.54) is 24.0 Å². The summed E-state index contributed by atoms with van der Waals surface area (Å²) in [5.41, 5.74) is 6.06. The van der Waals surface area contributed by atoms with Crippen molar-refractivity contribution in [2.45, 2.75) is 19.3 Å². The van der Waals surface area contributed by atoms with Gasteiger partial charge in [-0.05, 0) is 42.5 Å². The summed E-state index contributed by atoms with van der Waals surface area (Å²) < 4.78 is 5.78. The first kappa shape index (κ1) is 17.8. The van der Waals surface area contributed by atoms with Gasteiger partial charge in [-0.1, -0.05) is 42.5 Å². The number of rotatable bonds is 7. The third-order valence-electron chi connectivity index (χ3n) is 3.99. The molecule has 3 nitrogen and oxygen atoms in total. The lowest BCUT2D eigenvalue weighted by atomic mass is 10.1. The van der Waals surface area contributed by atoms with E-state index in [1.54, 1.807) is 0 Å². The van der Waals surface area contributed by atoms with E-state index in [4.69, 9.17) is 4.74 Å². The molecule has 1 aliphatic heterocycles. The van der Waals surface area contributed by atoms with Gasteiger partial charge in [-0.25, -0.2) is 5.01 Å². The van der Waals surface area contributed by atoms with Crippen molar-refractivity contribution < 1.29 is 4.74 Å². The molecule has 23 heavy (non-hydrogen) atoms. The third-order valence-corrected chi connectivity index (χ3v) is 3.99. The number of halogens is 1. The van der Waals surface area contributed by atoms with E-state index in [-0.39, 0.29) is 12.4 Å². The van der Waals surface area contributed by atoms with Gasteiger partial charge in [0.15, 0.2) is 0 Å². The minimum atomic E-state index is 0. The maximum Gasteiger partial charge on any atom is 0.119 e. The highest BCUT2D eigenvalue weighted by molar-refractivity contribution is 5.85. The molecule has 1 aliphatic rings. The van der Waals surface area contributed by atoms with Crippen LogP contribution in [0.5, 0.6) is 5.75 Å². The van der Waals surface area contributed by atoms with Gasteiger partial charge in [0, 0.05) is 19.6 Å². The highest BCUT2D eigenvalue weighted by atomic mass is 35.5. The molecule has 1 N–H and O–H groups in total. The van der Waals surface area contributed by atoms with Crippen molar-refractivity contribution in [3.8, 4) is 5.75 Å². The van der Waals surface area contributed by atoms with E-state index in [1.807, 2.05) is 0 Å². The van der Waals surface area contributed by atoms with Crippen molar-refractivity contribution in [2.24, 2.45) is 0 Å². The monoisotopic (exact) mass is 332 g/mol. The molecular formula is C19H25ClN2O. The lowest BCUT2D eigenvalue weighted by Gasteiger charge is -2.16. The van der Waals surface area contributed by atoms with Gasteiger partial charge in [-0.3, -0.25) is 5.43 Å². The molecule has 2 aromatic carbocycles. The molecule has 124 valence electrons. The molecule has 1 heterocycles. The third kappa shape index (κ3) is 5.87. The molecule has 3 rings (SSSR count). The molecule has 0 radical (unpaired) electrons. The molecule has 0 saturated carbocycles. The number of hydrogen-bond donors (Lipinski definition) is 1. The quantitative estimate of drug-likeness (QED) is 0.783. The van der Waals surface area contributed by atoms with Gasteiger partial charge in [0.2, 0.25) is 0 Å². The number of benzene rings is 2. The molecule has 0 atom stereocenters. The van der Waals surface area contributed by atoms with Crippen molar-refractivity contribution in [3.63, 3.8) is 0 Å². The average molecular weight is 333 g/mol. The Morgan fingerprint density at radius 2 is 1.52 bits per heavy atom. The fourth-order valence-electron chi connectivity index (χ4n) is 2.78. The second-order valence-electron chi connectivity index (χ2n) is 5.76. The van der Waals surface area contributed by atoms with Gasteiger partial charge in [0.05, 0.1) is 0 Å². The number of ether oxygens (including phenoxy) is 1. The SMILES string of the molecule is Cl.c1ccc(Cc2ccc(OCCNN3CCCC3)cc2)cc1. The molecule has 0 spiro atoms. The maximum absolute atomic E-state index is 5.78. The van der Waals surface area contributed by atoms with Gasteiger partial charge in [0.25, 0.3) is 0 Å². The Labute approximate surface area is 145 Å². The lowest BCUT2D eigenvalue weighted by Crippen LogP contribution is -2.37. The summed E-state index contributed by atoms with van der Waals surface area (Å²) in [5.74, 6) is 0.944. The zero-order valence-corrected chi connectivity index (χ0v) is 14.2. The molecule has 0 bridgehead atoms. The van der Waals surface area contributed by atoms with Crippen LogP contribution in [0.15, 0.2) is 54.6 Å². The number of hydrogen-bond acceptors (Lipinski definition) is 3. The van der Waals surface area contributed by atoms with Crippen LogP contribution in [0.1, 0.15) is 24.0 Å². The Balaban J connectivity index is 0.00000192. The second-order valence-corrected chi connectivity index (χ2v) is 5.76. The van der Waals surface area contributed by atoms with Crippen LogP contribution in [0.3, 0.4) is 0 Å². The Kier molecular flexibility index (Phi) is 7.40. The smallest absolute Gasteiger partial charge is 0.119 e. The molecular weight excluding hydrogens is 308 g/mol. The van der Waals surface area contributed by atoms with Crippen molar-refractivity contribution in [1.29, 1.82) is 0 Å². The summed E-state index contributed by atoms with van der Waals surface area (Å²) in [6.45, 7) is 3.89. The minimum Gasteiger partial charge on any atom is -0.492 e. The first-order chi connectivity index (χ1) is 10.9. The zero-order valence-electron chi connectivity index (χ0n) is 13.4. The molecule has 2 aromatic rings. The Hall–Kier alpha value is -1.55. The van der Waals surface area contributed by atoms with Crippen LogP contribution in [0.25, 0.3) is 0 Å². The fraction of sp³-hybridized carbons (Fsp3) is 0.368. The van der Waals surface area contributed by atoms with E-state index in [9.17, 15) is 0 Å². The Morgan fingerprint density at radius 1 is 0.870 bits per heavy atom. The van der Waals surface area contributed by atoms with Gasteiger partial charge < -0.3 is 4.74 Å². The van der Waals surface area contributed by atoms with Gasteiger partial charge in [-0.2, -0.15) is 0 Å². The van der Waals surface area contributed by atoms with Crippen molar-refractivity contribution >= 4 is 12.4 Å². The Bertz CT molecular complexity index is 553. The molecule has 0 aliphatic carbocycles. The van der Waals surface area contributed by atoms with Crippen LogP contribution < -0.4 is 10.2 Å². The van der Waals surface area contributed by atoms with Crippen LogP contribution >= 0.6 is 12.4 Å². The van der Waals surface area contributed by atoms with E-state index in [0.29, 0.717) is 6.61 Å². The standard InChI is InChI=1S/C19H24N2O.ClH/c1-2-6-17(7-3-1)16-18-8-10-19(11-9-18)22-15-12-20-21-13-4-5-14-21;/h1-3,6-11,20H,4-5,12-16H2;1H. The summed E-state index contributed by atoms with van der Waals surface area (Å²) in [6, 6.07) is 19.0. The summed E-state index contributed by atoms with van der Waals surface area (Å²) in [6.07, 6.45) is 3.57. The number of nitrogens with one attached hydrogen (secondary N) is 1. The number of nitrogens with zero attached hydrogens (tertiary/aromatic N) is 1. The van der Waals surface area contributed by atoms with Crippen LogP contribution in [-0.2, 0) is 6.42 Å². The van der Waals surface area contributed by atoms with E-state index in [2.05, 4.69) is 65.0 Å².